The van der Waals surface area contributed by atoms with E-state index in [1.54, 1.807) is 0 Å². The van der Waals surface area contributed by atoms with E-state index in [0.29, 0.717) is 0 Å². The lowest BCUT2D eigenvalue weighted by Crippen LogP contribution is -2.37. The molecule has 0 atom stereocenters. The van der Waals surface area contributed by atoms with Gasteiger partial charge in [-0.2, -0.15) is 0 Å². The Morgan fingerprint density at radius 3 is 1.45 bits per heavy atom. The Kier molecular flexibility index (Phi) is 8.21. The zero-order valence-electron chi connectivity index (χ0n) is 30.3. The first kappa shape index (κ1) is 32.8. The normalized spacial score (nSPS) is 12.3. The van der Waals surface area contributed by atoms with Gasteiger partial charge in [0.15, 0.2) is 0 Å². The van der Waals surface area contributed by atoms with Gasteiger partial charge >= 0.3 is 0 Å². The molecule has 0 spiro atoms. The Morgan fingerprint density at radius 1 is 0.392 bits per heavy atom. The lowest BCUT2D eigenvalue weighted by molar-refractivity contribution is 0.487. The van der Waals surface area contributed by atoms with Crippen LogP contribution in [0.15, 0.2) is 158 Å². The molecule has 0 bridgehead atoms. The van der Waals surface area contributed by atoms with E-state index in [1.165, 1.54) is 15.9 Å². The van der Waals surface area contributed by atoms with Crippen LogP contribution in [0.3, 0.4) is 0 Å². The van der Waals surface area contributed by atoms with E-state index in [4.69, 9.17) is 4.74 Å². The molecule has 7 aromatic carbocycles. The number of hydrogen-bond acceptors (Lipinski definition) is 3. The minimum absolute atomic E-state index is 0.863. The van der Waals surface area contributed by atoms with Gasteiger partial charge in [0, 0.05) is 50.8 Å². The second-order valence-electron chi connectivity index (χ2n) is 15.5. The third-order valence-corrected chi connectivity index (χ3v) is 14.1. The van der Waals surface area contributed by atoms with Crippen molar-refractivity contribution in [1.29, 1.82) is 0 Å². The molecule has 3 nitrogen and oxygen atoms in total. The summed E-state index contributed by atoms with van der Waals surface area (Å²) in [7, 11) is -2.86. The highest BCUT2D eigenvalue weighted by Crippen LogP contribution is 2.51. The van der Waals surface area contributed by atoms with Crippen molar-refractivity contribution in [2.45, 2.75) is 39.3 Å². The van der Waals surface area contributed by atoms with E-state index in [1.807, 2.05) is 0 Å². The molecule has 0 unspecified atom stereocenters. The summed E-state index contributed by atoms with van der Waals surface area (Å²) < 4.78 is 6.84. The van der Waals surface area contributed by atoms with Gasteiger partial charge in [0.1, 0.15) is 11.5 Å². The molecule has 0 N–H and O–H groups in total. The number of benzene rings is 7. The maximum atomic E-state index is 6.84. The molecule has 0 radical (unpaired) electrons. The molecule has 8 rings (SSSR count). The molecule has 0 fully saturated rings. The zero-order valence-corrected chi connectivity index (χ0v) is 32.3. The highest BCUT2D eigenvalue weighted by atomic mass is 28.3. The predicted octanol–water partition coefficient (Wildman–Crippen LogP) is 12.6. The molecule has 1 aliphatic heterocycles. The van der Waals surface area contributed by atoms with Crippen molar-refractivity contribution in [3.63, 3.8) is 0 Å². The smallest absolute Gasteiger partial charge is 0.137 e. The first-order valence-corrected chi connectivity index (χ1v) is 24.9. The van der Waals surface area contributed by atoms with E-state index in [-0.39, 0.29) is 0 Å². The molecule has 0 saturated carbocycles. The number of nitrogens with zero attached hydrogens (tertiary/aromatic N) is 2. The van der Waals surface area contributed by atoms with Crippen LogP contribution >= 0.6 is 0 Å². The van der Waals surface area contributed by atoms with Crippen molar-refractivity contribution < 1.29 is 4.74 Å². The molecule has 0 aliphatic carbocycles. The summed E-state index contributed by atoms with van der Waals surface area (Å²) in [6, 6.07) is 57.3. The Labute approximate surface area is 304 Å². The Balaban J connectivity index is 1.24. The van der Waals surface area contributed by atoms with Gasteiger partial charge in [-0.15, -0.1) is 0 Å². The molecule has 5 heteroatoms. The maximum Gasteiger partial charge on any atom is 0.137 e. The number of fused-ring (bicyclic) bond motifs is 2. The molecule has 0 amide bonds. The third-order valence-electron chi connectivity index (χ3n) is 9.97. The van der Waals surface area contributed by atoms with Gasteiger partial charge in [-0.25, -0.2) is 0 Å². The number of para-hydroxylation sites is 2. The lowest BCUT2D eigenvalue weighted by atomic mass is 9.93. The summed E-state index contributed by atoms with van der Waals surface area (Å²) in [6.07, 6.45) is 0. The summed E-state index contributed by atoms with van der Waals surface area (Å²) in [4.78, 5) is 4.70. The van der Waals surface area contributed by atoms with Crippen molar-refractivity contribution in [2.24, 2.45) is 0 Å². The van der Waals surface area contributed by atoms with Gasteiger partial charge in [0.05, 0.1) is 21.8 Å². The summed E-state index contributed by atoms with van der Waals surface area (Å²) in [5.74, 6) is 1.74. The van der Waals surface area contributed by atoms with Gasteiger partial charge in [0.25, 0.3) is 0 Å². The number of anilines is 6. The highest BCUT2D eigenvalue weighted by Gasteiger charge is 2.26. The topological polar surface area (TPSA) is 15.7 Å². The SMILES string of the molecule is C[Si](C)(C)c1ccc(N(c2ccccc2)c2ccc3c(c2)Oc2cccc4c(N(c5ccccc5)c5ccc([Si](C)(C)C)cc5)ccc-3c24)cc1. The van der Waals surface area contributed by atoms with Crippen LogP contribution in [-0.4, -0.2) is 16.1 Å². The fourth-order valence-corrected chi connectivity index (χ4v) is 9.52. The number of rotatable bonds is 8. The fraction of sp³-hybridized carbons (Fsp3) is 0.130. The summed E-state index contributed by atoms with van der Waals surface area (Å²) in [6.45, 7) is 14.4. The van der Waals surface area contributed by atoms with Gasteiger partial charge < -0.3 is 14.5 Å². The molecular weight excluding hydrogens is 653 g/mol. The summed E-state index contributed by atoms with van der Waals surface area (Å²) >= 11 is 0. The average molecular weight is 697 g/mol. The van der Waals surface area contributed by atoms with E-state index in [2.05, 4.69) is 207 Å². The Morgan fingerprint density at radius 2 is 0.882 bits per heavy atom. The van der Waals surface area contributed by atoms with Crippen molar-refractivity contribution >= 4 is 71.4 Å². The van der Waals surface area contributed by atoms with Crippen LogP contribution < -0.4 is 24.9 Å². The van der Waals surface area contributed by atoms with E-state index in [0.717, 1.165) is 62.0 Å². The van der Waals surface area contributed by atoms with Crippen molar-refractivity contribution in [2.75, 3.05) is 9.80 Å². The van der Waals surface area contributed by atoms with Gasteiger partial charge in [-0.05, 0) is 78.4 Å². The molecule has 1 aliphatic rings. The minimum Gasteiger partial charge on any atom is -0.456 e. The lowest BCUT2D eigenvalue weighted by Gasteiger charge is -2.30. The largest absolute Gasteiger partial charge is 0.456 e. The van der Waals surface area contributed by atoms with E-state index in [9.17, 15) is 0 Å². The molecule has 252 valence electrons. The summed E-state index contributed by atoms with van der Waals surface area (Å²) in [5, 5.41) is 5.20. The highest BCUT2D eigenvalue weighted by molar-refractivity contribution is 6.89. The average Bonchev–Trinajstić information content (AvgIpc) is 3.13. The van der Waals surface area contributed by atoms with Crippen LogP contribution in [0.1, 0.15) is 0 Å². The maximum absolute atomic E-state index is 6.84. The molecule has 1 heterocycles. The van der Waals surface area contributed by atoms with Gasteiger partial charge in [0.2, 0.25) is 0 Å². The minimum atomic E-state index is -1.44. The van der Waals surface area contributed by atoms with Crippen LogP contribution in [0.4, 0.5) is 34.1 Å². The number of ether oxygens (including phenoxy) is 1. The van der Waals surface area contributed by atoms with Crippen molar-refractivity contribution in [3.05, 3.63) is 158 Å². The van der Waals surface area contributed by atoms with Crippen molar-refractivity contribution in [3.8, 4) is 22.6 Å². The second kappa shape index (κ2) is 12.8. The first-order valence-electron chi connectivity index (χ1n) is 17.9. The molecule has 7 aromatic rings. The predicted molar refractivity (Wildman–Crippen MR) is 225 cm³/mol. The summed E-state index contributed by atoms with van der Waals surface area (Å²) in [5.41, 5.74) is 8.98. The standard InChI is InChI=1S/C46H44N2OSi2/c1-50(2,3)38-25-20-35(21-26-38)47(33-14-9-7-10-15-33)37-24-29-40-41-30-31-43(42-18-13-19-44(46(41)42)49-45(40)32-37)48(34-16-11-8-12-17-34)36-22-27-39(28-23-36)51(4,5)6/h7-32H,1-6H3. The number of hydrogen-bond donors (Lipinski definition) is 0. The molecule has 51 heavy (non-hydrogen) atoms. The van der Waals surface area contributed by atoms with E-state index < -0.39 is 16.1 Å². The van der Waals surface area contributed by atoms with Crippen molar-refractivity contribution in [1.82, 2.24) is 0 Å². The van der Waals surface area contributed by atoms with Crippen LogP contribution in [0, 0.1) is 0 Å². The Bertz CT molecular complexity index is 2340. The molecule has 0 aromatic heterocycles. The van der Waals surface area contributed by atoms with Crippen LogP contribution in [0.5, 0.6) is 11.5 Å². The van der Waals surface area contributed by atoms with Gasteiger partial charge in [-0.1, -0.05) is 129 Å². The first-order chi connectivity index (χ1) is 24.6. The molecule has 0 saturated heterocycles. The molecular formula is C46H44N2OSi2. The Hall–Kier alpha value is -5.37. The van der Waals surface area contributed by atoms with Crippen LogP contribution in [-0.2, 0) is 0 Å². The third kappa shape index (κ3) is 6.17. The van der Waals surface area contributed by atoms with Crippen LogP contribution in [0.25, 0.3) is 21.9 Å². The van der Waals surface area contributed by atoms with Gasteiger partial charge in [-0.3, -0.25) is 0 Å². The second-order valence-corrected chi connectivity index (χ2v) is 25.7. The monoisotopic (exact) mass is 696 g/mol. The van der Waals surface area contributed by atoms with E-state index >= 15 is 0 Å². The fourth-order valence-electron chi connectivity index (χ4n) is 7.19. The van der Waals surface area contributed by atoms with Crippen LogP contribution in [0.2, 0.25) is 39.3 Å². The zero-order chi connectivity index (χ0) is 35.3. The quantitative estimate of drug-likeness (QED) is 0.147.